The molecule has 0 N–H and O–H groups in total. The molecule has 2 aliphatic rings. The van der Waals surface area contributed by atoms with Crippen molar-refractivity contribution in [2.24, 2.45) is 0 Å². The Morgan fingerprint density at radius 2 is 0.543 bits per heavy atom. The van der Waals surface area contributed by atoms with Crippen LogP contribution in [0.5, 0.6) is 0 Å². The molecule has 0 aliphatic carbocycles. The fourth-order valence-corrected chi connectivity index (χ4v) is 12.7. The zero-order valence-electron chi connectivity index (χ0n) is 38.3. The molecule has 0 fully saturated rings. The SMILES string of the molecule is c1ccc(-c2cccc(-c3ccccc3)c2B2c3ccccc3-n3c4cc5c6cccc7c6n(c5cc4c4cccc2c43)-c2ccccc2B7c2c(-c3ccccc3)cccc2-c2ccccc2)cc1. The van der Waals surface area contributed by atoms with E-state index in [1.165, 1.54) is 132 Å². The van der Waals surface area contributed by atoms with Crippen LogP contribution >= 0.6 is 0 Å². The number of aromatic nitrogens is 2. The summed E-state index contributed by atoms with van der Waals surface area (Å²) in [6, 6.07) is 95.0. The summed E-state index contributed by atoms with van der Waals surface area (Å²) in [4.78, 5) is 0. The van der Waals surface area contributed by atoms with E-state index < -0.39 is 0 Å². The Labute approximate surface area is 407 Å². The predicted molar refractivity (Wildman–Crippen MR) is 299 cm³/mol. The first kappa shape index (κ1) is 39.2. The summed E-state index contributed by atoms with van der Waals surface area (Å²) >= 11 is 0. The number of hydrogen-bond donors (Lipinski definition) is 0. The standard InChI is InChI=1S/C66H42B2N2/c1-5-21-43(22-6-1)47-29-17-30-48(44-23-7-2-8-24-44)63(47)67-55-35-13-15-39-59(55)69-61-42-54-52-34-20-38-58-66(52)70(62(54)41-53(61)51-33-19-37-57(67)65(51)69)60-40-16-14-36-56(60)68(58)64-49(45-25-9-3-10-26-45)31-18-32-50(64)46-27-11-4-12-28-46/h1-42H. The summed E-state index contributed by atoms with van der Waals surface area (Å²) < 4.78 is 5.18. The molecule has 2 nitrogen and oxygen atoms in total. The van der Waals surface area contributed by atoms with Gasteiger partial charge < -0.3 is 9.13 Å². The number of rotatable bonds is 6. The highest BCUT2D eigenvalue weighted by atomic mass is 15.0. The van der Waals surface area contributed by atoms with E-state index in [2.05, 4.69) is 264 Å². The van der Waals surface area contributed by atoms with Crippen molar-refractivity contribution in [3.8, 4) is 55.9 Å². The van der Waals surface area contributed by atoms with Crippen LogP contribution in [0.3, 0.4) is 0 Å². The monoisotopic (exact) mass is 884 g/mol. The molecule has 0 saturated heterocycles. The number of hydrogen-bond acceptors (Lipinski definition) is 0. The number of benzene rings is 11. The minimum Gasteiger partial charge on any atom is -0.310 e. The van der Waals surface area contributed by atoms with Gasteiger partial charge in [-0.05, 0) is 90.6 Å². The van der Waals surface area contributed by atoms with Gasteiger partial charge in [0.05, 0.1) is 11.0 Å². The molecule has 0 saturated carbocycles. The second-order valence-corrected chi connectivity index (χ2v) is 19.0. The molecular formula is C66H42B2N2. The predicted octanol–water partition coefficient (Wildman–Crippen LogP) is 12.2. The molecule has 0 spiro atoms. The normalized spacial score (nSPS) is 12.5. The Hall–Kier alpha value is -8.85. The van der Waals surface area contributed by atoms with Crippen molar-refractivity contribution in [3.63, 3.8) is 0 Å². The van der Waals surface area contributed by atoms with Crippen molar-refractivity contribution in [1.82, 2.24) is 9.13 Å². The molecule has 2 aliphatic heterocycles. The van der Waals surface area contributed by atoms with Gasteiger partial charge in [-0.15, -0.1) is 0 Å². The lowest BCUT2D eigenvalue weighted by molar-refractivity contribution is 1.18. The molecule has 70 heavy (non-hydrogen) atoms. The van der Waals surface area contributed by atoms with Gasteiger partial charge in [-0.1, -0.05) is 241 Å². The zero-order valence-corrected chi connectivity index (χ0v) is 38.3. The fourth-order valence-electron chi connectivity index (χ4n) is 12.7. The first-order valence-electron chi connectivity index (χ1n) is 24.5. The minimum atomic E-state index is -0.0103. The molecule has 2 aromatic heterocycles. The summed E-state index contributed by atoms with van der Waals surface area (Å²) in [6.07, 6.45) is 0. The topological polar surface area (TPSA) is 9.86 Å². The van der Waals surface area contributed by atoms with Crippen LogP contribution < -0.4 is 32.8 Å². The van der Waals surface area contributed by atoms with E-state index in [0.29, 0.717) is 0 Å². The van der Waals surface area contributed by atoms with E-state index in [1.807, 2.05) is 0 Å². The summed E-state index contributed by atoms with van der Waals surface area (Å²) in [6.45, 7) is -0.0206. The Balaban J connectivity index is 1.02. The second-order valence-electron chi connectivity index (χ2n) is 19.0. The van der Waals surface area contributed by atoms with E-state index in [1.54, 1.807) is 0 Å². The molecular weight excluding hydrogens is 842 g/mol. The molecule has 0 amide bonds. The van der Waals surface area contributed by atoms with Gasteiger partial charge in [0.2, 0.25) is 13.4 Å². The molecule has 4 heteroatoms. The van der Waals surface area contributed by atoms with Crippen LogP contribution in [0.25, 0.3) is 99.5 Å². The molecule has 15 rings (SSSR count). The van der Waals surface area contributed by atoms with Crippen LogP contribution in [0, 0.1) is 0 Å². The van der Waals surface area contributed by atoms with Gasteiger partial charge in [0.1, 0.15) is 0 Å². The third kappa shape index (κ3) is 5.59. The molecule has 0 unspecified atom stereocenters. The lowest BCUT2D eigenvalue weighted by Crippen LogP contribution is -2.57. The number of fused-ring (bicyclic) bond motifs is 10. The summed E-state index contributed by atoms with van der Waals surface area (Å²) in [5.41, 5.74) is 25.4. The fraction of sp³-hybridized carbons (Fsp3) is 0. The second kappa shape index (κ2) is 15.3. The van der Waals surface area contributed by atoms with Crippen LogP contribution in [0.15, 0.2) is 255 Å². The molecule has 11 aromatic carbocycles. The Kier molecular flexibility index (Phi) is 8.58. The van der Waals surface area contributed by atoms with Gasteiger partial charge in [-0.2, -0.15) is 0 Å². The van der Waals surface area contributed by atoms with Crippen molar-refractivity contribution in [1.29, 1.82) is 0 Å². The van der Waals surface area contributed by atoms with Crippen LogP contribution in [-0.4, -0.2) is 22.6 Å². The van der Waals surface area contributed by atoms with E-state index in [9.17, 15) is 0 Å². The maximum atomic E-state index is 2.59. The van der Waals surface area contributed by atoms with Crippen LogP contribution in [0.2, 0.25) is 0 Å². The van der Waals surface area contributed by atoms with E-state index >= 15 is 0 Å². The first-order valence-corrected chi connectivity index (χ1v) is 24.5. The Morgan fingerprint density at radius 3 is 0.900 bits per heavy atom. The first-order chi connectivity index (χ1) is 34.8. The third-order valence-corrected chi connectivity index (χ3v) is 15.5. The Bertz CT molecular complexity index is 3840. The van der Waals surface area contributed by atoms with Gasteiger partial charge in [0.25, 0.3) is 0 Å². The summed E-state index contributed by atoms with van der Waals surface area (Å²) in [5, 5.41) is 5.08. The zero-order chi connectivity index (χ0) is 45.9. The van der Waals surface area contributed by atoms with E-state index in [4.69, 9.17) is 0 Å². The summed E-state index contributed by atoms with van der Waals surface area (Å²) in [7, 11) is 0. The molecule has 0 atom stereocenters. The average molecular weight is 885 g/mol. The maximum absolute atomic E-state index is 2.59. The summed E-state index contributed by atoms with van der Waals surface area (Å²) in [5.74, 6) is 0. The lowest BCUT2D eigenvalue weighted by atomic mass is 9.34. The maximum Gasteiger partial charge on any atom is 0.248 e. The lowest BCUT2D eigenvalue weighted by Gasteiger charge is -2.30. The van der Waals surface area contributed by atoms with Crippen molar-refractivity contribution < 1.29 is 0 Å². The number of para-hydroxylation sites is 4. The molecule has 322 valence electrons. The van der Waals surface area contributed by atoms with Gasteiger partial charge in [0.15, 0.2) is 0 Å². The third-order valence-electron chi connectivity index (χ3n) is 15.5. The highest BCUT2D eigenvalue weighted by Gasteiger charge is 2.39. The van der Waals surface area contributed by atoms with Gasteiger partial charge in [-0.25, -0.2) is 0 Å². The molecule has 4 heterocycles. The van der Waals surface area contributed by atoms with E-state index in [-0.39, 0.29) is 13.4 Å². The molecule has 0 radical (unpaired) electrons. The van der Waals surface area contributed by atoms with Crippen molar-refractivity contribution in [2.45, 2.75) is 0 Å². The molecule has 13 aromatic rings. The highest BCUT2D eigenvalue weighted by Crippen LogP contribution is 2.41. The van der Waals surface area contributed by atoms with Crippen LogP contribution in [-0.2, 0) is 0 Å². The van der Waals surface area contributed by atoms with E-state index in [0.717, 1.165) is 0 Å². The van der Waals surface area contributed by atoms with Gasteiger partial charge >= 0.3 is 0 Å². The number of nitrogens with zero attached hydrogens (tertiary/aromatic N) is 2. The highest BCUT2D eigenvalue weighted by molar-refractivity contribution is 7.00. The largest absolute Gasteiger partial charge is 0.310 e. The average Bonchev–Trinajstić information content (AvgIpc) is 3.95. The van der Waals surface area contributed by atoms with Crippen molar-refractivity contribution in [3.05, 3.63) is 255 Å². The quantitative estimate of drug-likeness (QED) is 0.147. The molecule has 0 bridgehead atoms. The van der Waals surface area contributed by atoms with Crippen molar-refractivity contribution >= 4 is 89.8 Å². The van der Waals surface area contributed by atoms with Gasteiger partial charge in [0, 0.05) is 44.0 Å². The van der Waals surface area contributed by atoms with Gasteiger partial charge in [-0.3, -0.25) is 0 Å². The van der Waals surface area contributed by atoms with Crippen molar-refractivity contribution in [2.75, 3.05) is 0 Å². The minimum absolute atomic E-state index is 0.0103. The Morgan fingerprint density at radius 1 is 0.243 bits per heavy atom. The van der Waals surface area contributed by atoms with Crippen LogP contribution in [0.4, 0.5) is 0 Å². The smallest absolute Gasteiger partial charge is 0.248 e. The van der Waals surface area contributed by atoms with Crippen LogP contribution in [0.1, 0.15) is 0 Å².